The van der Waals surface area contributed by atoms with E-state index < -0.39 is 0 Å². The predicted molar refractivity (Wildman–Crippen MR) is 66.6 cm³/mol. The lowest BCUT2D eigenvalue weighted by molar-refractivity contribution is 0.432. The Morgan fingerprint density at radius 3 is 2.27 bits per heavy atom. The lowest BCUT2D eigenvalue weighted by atomic mass is 10.1. The number of nitrogens with zero attached hydrogens (tertiary/aromatic N) is 1. The van der Waals surface area contributed by atoms with Gasteiger partial charge in [0.2, 0.25) is 0 Å². The summed E-state index contributed by atoms with van der Waals surface area (Å²) in [6, 6.07) is 8.92. The van der Waals surface area contributed by atoms with Crippen LogP contribution in [-0.2, 0) is 13.1 Å². The van der Waals surface area contributed by atoms with Crippen molar-refractivity contribution in [2.75, 3.05) is 0 Å². The molecule has 0 radical (unpaired) electrons. The summed E-state index contributed by atoms with van der Waals surface area (Å²) in [6.45, 7) is 6.09. The van der Waals surface area contributed by atoms with Crippen LogP contribution in [0.5, 0.6) is 0 Å². The van der Waals surface area contributed by atoms with E-state index in [-0.39, 0.29) is 0 Å². The number of benzene rings is 1. The molecule has 2 rings (SSSR count). The van der Waals surface area contributed by atoms with Gasteiger partial charge in [0, 0.05) is 19.1 Å². The highest BCUT2D eigenvalue weighted by Crippen LogP contribution is 2.21. The third kappa shape index (κ3) is 2.29. The van der Waals surface area contributed by atoms with E-state index in [1.165, 1.54) is 11.1 Å². The molecule has 15 heavy (non-hydrogen) atoms. The largest absolute Gasteiger partial charge is 0.360 e. The van der Waals surface area contributed by atoms with Gasteiger partial charge in [-0.15, -0.1) is 0 Å². The van der Waals surface area contributed by atoms with E-state index in [0.29, 0.717) is 6.04 Å². The summed E-state index contributed by atoms with van der Waals surface area (Å²) in [6.07, 6.45) is 0. The van der Waals surface area contributed by atoms with Gasteiger partial charge < -0.3 is 10.2 Å². The highest BCUT2D eigenvalue weighted by atomic mass is 32.1. The molecule has 0 saturated heterocycles. The van der Waals surface area contributed by atoms with E-state index in [9.17, 15) is 0 Å². The van der Waals surface area contributed by atoms with Crippen LogP contribution in [0.25, 0.3) is 0 Å². The first kappa shape index (κ1) is 10.4. The topological polar surface area (TPSA) is 15.3 Å². The summed E-state index contributed by atoms with van der Waals surface area (Å²) in [5.41, 5.74) is 2.79. The number of hydrogen-bond donors (Lipinski definition) is 1. The van der Waals surface area contributed by atoms with E-state index in [0.717, 1.165) is 18.2 Å². The van der Waals surface area contributed by atoms with Crippen molar-refractivity contribution in [1.29, 1.82) is 0 Å². The van der Waals surface area contributed by atoms with Crippen LogP contribution in [0.4, 0.5) is 0 Å². The second-order valence-corrected chi connectivity index (χ2v) is 4.62. The first-order chi connectivity index (χ1) is 7.16. The van der Waals surface area contributed by atoms with Gasteiger partial charge in [0.25, 0.3) is 0 Å². The second kappa shape index (κ2) is 4.19. The number of thiocarbonyl (C=S) groups is 1. The fourth-order valence-electron chi connectivity index (χ4n) is 1.81. The fraction of sp³-hybridized carbons (Fsp3) is 0.417. The molecule has 2 nitrogen and oxygen atoms in total. The van der Waals surface area contributed by atoms with E-state index in [4.69, 9.17) is 12.2 Å². The molecule has 1 heterocycles. The van der Waals surface area contributed by atoms with Gasteiger partial charge in [-0.1, -0.05) is 24.3 Å². The third-order valence-corrected chi connectivity index (χ3v) is 2.92. The van der Waals surface area contributed by atoms with E-state index in [1.807, 2.05) is 0 Å². The van der Waals surface area contributed by atoms with Crippen molar-refractivity contribution in [1.82, 2.24) is 10.2 Å². The molecule has 1 N–H and O–H groups in total. The minimum Gasteiger partial charge on any atom is -0.360 e. The molecular formula is C12H16N2S. The number of fused-ring (bicyclic) bond motifs is 1. The summed E-state index contributed by atoms with van der Waals surface area (Å²) >= 11 is 5.35. The van der Waals surface area contributed by atoms with Crippen LogP contribution in [0.3, 0.4) is 0 Å². The van der Waals surface area contributed by atoms with Crippen molar-refractivity contribution in [3.05, 3.63) is 35.4 Å². The monoisotopic (exact) mass is 220 g/mol. The van der Waals surface area contributed by atoms with Crippen LogP contribution in [-0.4, -0.2) is 16.1 Å². The molecule has 1 aromatic rings. The predicted octanol–water partition coefficient (Wildman–Crippen LogP) is 2.29. The molecule has 3 heteroatoms. The zero-order chi connectivity index (χ0) is 10.8. The molecule has 0 spiro atoms. The van der Waals surface area contributed by atoms with E-state index >= 15 is 0 Å². The van der Waals surface area contributed by atoms with Gasteiger partial charge in [-0.2, -0.15) is 0 Å². The van der Waals surface area contributed by atoms with Crippen LogP contribution in [0.15, 0.2) is 24.3 Å². The summed E-state index contributed by atoms with van der Waals surface area (Å²) in [7, 11) is 0. The van der Waals surface area contributed by atoms with Gasteiger partial charge >= 0.3 is 0 Å². The Morgan fingerprint density at radius 1 is 1.27 bits per heavy atom. The van der Waals surface area contributed by atoms with Crippen LogP contribution < -0.4 is 5.32 Å². The summed E-state index contributed by atoms with van der Waals surface area (Å²) < 4.78 is 0. The zero-order valence-electron chi connectivity index (χ0n) is 9.16. The third-order valence-electron chi connectivity index (χ3n) is 2.54. The van der Waals surface area contributed by atoms with Gasteiger partial charge in [-0.3, -0.25) is 0 Å². The molecule has 0 atom stereocenters. The lowest BCUT2D eigenvalue weighted by Gasteiger charge is -2.21. The molecule has 0 fully saturated rings. The van der Waals surface area contributed by atoms with Gasteiger partial charge in [-0.05, 0) is 37.2 Å². The quantitative estimate of drug-likeness (QED) is 0.731. The lowest BCUT2D eigenvalue weighted by Crippen LogP contribution is -2.39. The van der Waals surface area contributed by atoms with Crippen LogP contribution >= 0.6 is 12.2 Å². The average molecular weight is 220 g/mol. The van der Waals surface area contributed by atoms with Crippen LogP contribution in [0, 0.1) is 0 Å². The maximum atomic E-state index is 5.35. The van der Waals surface area contributed by atoms with Crippen molar-refractivity contribution in [2.24, 2.45) is 0 Å². The SMILES string of the molecule is CC(C)NC(=S)N1Cc2ccccc2C1. The van der Waals surface area contributed by atoms with Gasteiger partial charge in [0.05, 0.1) is 0 Å². The first-order valence-electron chi connectivity index (χ1n) is 5.29. The summed E-state index contributed by atoms with van der Waals surface area (Å²) in [5.74, 6) is 0. The van der Waals surface area contributed by atoms with E-state index in [1.54, 1.807) is 0 Å². The second-order valence-electron chi connectivity index (χ2n) is 4.23. The molecule has 80 valence electrons. The van der Waals surface area contributed by atoms with Gasteiger partial charge in [0.15, 0.2) is 5.11 Å². The highest BCUT2D eigenvalue weighted by Gasteiger charge is 2.20. The normalized spacial score (nSPS) is 14.2. The van der Waals surface area contributed by atoms with Crippen molar-refractivity contribution >= 4 is 17.3 Å². The molecule has 1 aliphatic heterocycles. The Hall–Kier alpha value is -1.09. The standard InChI is InChI=1S/C12H16N2S/c1-9(2)13-12(15)14-7-10-5-3-4-6-11(10)8-14/h3-6,9H,7-8H2,1-2H3,(H,13,15). The Kier molecular flexibility index (Phi) is 2.91. The maximum absolute atomic E-state index is 5.35. The first-order valence-corrected chi connectivity index (χ1v) is 5.70. The fourth-order valence-corrected chi connectivity index (χ4v) is 2.18. The summed E-state index contributed by atoms with van der Waals surface area (Å²) in [5, 5.41) is 4.14. The minimum absolute atomic E-state index is 0.404. The van der Waals surface area contributed by atoms with Crippen molar-refractivity contribution in [2.45, 2.75) is 33.0 Å². The molecule has 0 bridgehead atoms. The molecule has 0 amide bonds. The molecule has 0 saturated carbocycles. The van der Waals surface area contributed by atoms with Crippen molar-refractivity contribution < 1.29 is 0 Å². The maximum Gasteiger partial charge on any atom is 0.169 e. The van der Waals surface area contributed by atoms with Gasteiger partial charge in [0.1, 0.15) is 0 Å². The molecule has 1 aromatic carbocycles. The Morgan fingerprint density at radius 2 is 1.80 bits per heavy atom. The molecular weight excluding hydrogens is 204 g/mol. The Bertz CT molecular complexity index is 349. The number of nitrogens with one attached hydrogen (secondary N) is 1. The Balaban J connectivity index is 2.04. The average Bonchev–Trinajstić information content (AvgIpc) is 2.59. The molecule has 0 aliphatic carbocycles. The minimum atomic E-state index is 0.404. The highest BCUT2D eigenvalue weighted by molar-refractivity contribution is 7.80. The summed E-state index contributed by atoms with van der Waals surface area (Å²) in [4.78, 5) is 2.21. The molecule has 0 aromatic heterocycles. The van der Waals surface area contributed by atoms with Crippen molar-refractivity contribution in [3.8, 4) is 0 Å². The zero-order valence-corrected chi connectivity index (χ0v) is 9.97. The van der Waals surface area contributed by atoms with E-state index in [2.05, 4.69) is 48.3 Å². The Labute approximate surface area is 96.3 Å². The van der Waals surface area contributed by atoms with Gasteiger partial charge in [-0.25, -0.2) is 0 Å². The van der Waals surface area contributed by atoms with Crippen molar-refractivity contribution in [3.63, 3.8) is 0 Å². The van der Waals surface area contributed by atoms with Crippen LogP contribution in [0.2, 0.25) is 0 Å². The number of rotatable bonds is 1. The smallest absolute Gasteiger partial charge is 0.169 e. The molecule has 0 unspecified atom stereocenters. The molecule has 1 aliphatic rings. The number of hydrogen-bond acceptors (Lipinski definition) is 1. The van der Waals surface area contributed by atoms with Crippen LogP contribution in [0.1, 0.15) is 25.0 Å².